The summed E-state index contributed by atoms with van der Waals surface area (Å²) in [6.45, 7) is 5.64. The maximum absolute atomic E-state index is 13.8. The molecule has 0 saturated carbocycles. The lowest BCUT2D eigenvalue weighted by atomic mass is 9.91. The number of alkyl halides is 3. The summed E-state index contributed by atoms with van der Waals surface area (Å²) in [5, 5.41) is 2.52. The molecular formula is C25H23F4N3O5. The zero-order valence-electron chi connectivity index (χ0n) is 20.2. The summed E-state index contributed by atoms with van der Waals surface area (Å²) in [6.07, 6.45) is -3.64. The van der Waals surface area contributed by atoms with Crippen LogP contribution in [0.2, 0.25) is 0 Å². The second kappa shape index (κ2) is 10.3. The maximum Gasteiger partial charge on any atom is 0.573 e. The molecule has 0 atom stereocenters. The third kappa shape index (κ3) is 6.87. The van der Waals surface area contributed by atoms with Gasteiger partial charge in [0.15, 0.2) is 11.5 Å². The van der Waals surface area contributed by atoms with E-state index in [0.29, 0.717) is 5.69 Å². The average molecular weight is 521 g/mol. The normalized spacial score (nSPS) is 11.6. The van der Waals surface area contributed by atoms with E-state index in [1.54, 1.807) is 0 Å². The van der Waals surface area contributed by atoms with Crippen LogP contribution in [0.5, 0.6) is 23.0 Å². The van der Waals surface area contributed by atoms with Crippen LogP contribution in [0.1, 0.15) is 47.2 Å². The number of carbonyl (C=O) groups excluding carboxylic acids is 2. The van der Waals surface area contributed by atoms with Crippen molar-refractivity contribution in [3.63, 3.8) is 0 Å². The van der Waals surface area contributed by atoms with Crippen LogP contribution >= 0.6 is 0 Å². The second-order valence-corrected chi connectivity index (χ2v) is 8.79. The molecule has 1 aromatic heterocycles. The van der Waals surface area contributed by atoms with Gasteiger partial charge in [-0.1, -0.05) is 20.8 Å². The van der Waals surface area contributed by atoms with Crippen LogP contribution in [0.25, 0.3) is 0 Å². The second-order valence-electron chi connectivity index (χ2n) is 8.79. The van der Waals surface area contributed by atoms with Gasteiger partial charge in [-0.25, -0.2) is 4.39 Å². The summed E-state index contributed by atoms with van der Waals surface area (Å²) in [4.78, 5) is 28.9. The van der Waals surface area contributed by atoms with E-state index in [9.17, 15) is 27.2 Å². The molecule has 0 aliphatic rings. The Morgan fingerprint density at radius 3 is 2.24 bits per heavy atom. The molecule has 0 radical (unpaired) electrons. The molecule has 196 valence electrons. The third-order valence-corrected chi connectivity index (χ3v) is 4.96. The minimum absolute atomic E-state index is 0.00469. The number of hydrogen-bond donors (Lipinski definition) is 2. The summed E-state index contributed by atoms with van der Waals surface area (Å²) in [7, 11) is 1.23. The maximum atomic E-state index is 13.8. The van der Waals surface area contributed by atoms with Gasteiger partial charge in [0.2, 0.25) is 0 Å². The minimum Gasteiger partial charge on any atom is -0.493 e. The highest BCUT2D eigenvalue weighted by molar-refractivity contribution is 6.06. The molecule has 0 fully saturated rings. The molecule has 2 amide bonds. The molecule has 0 saturated heterocycles. The molecule has 0 unspecified atom stereocenters. The molecule has 2 aromatic carbocycles. The van der Waals surface area contributed by atoms with Crippen molar-refractivity contribution in [2.45, 2.75) is 32.5 Å². The largest absolute Gasteiger partial charge is 0.573 e. The molecule has 0 bridgehead atoms. The molecule has 3 aromatic rings. The molecule has 12 heteroatoms. The Hall–Kier alpha value is -4.35. The van der Waals surface area contributed by atoms with Crippen LogP contribution in [0.4, 0.5) is 23.2 Å². The molecule has 3 rings (SSSR count). The number of amides is 2. The van der Waals surface area contributed by atoms with E-state index >= 15 is 0 Å². The summed E-state index contributed by atoms with van der Waals surface area (Å²) in [6, 6.07) is 8.00. The lowest BCUT2D eigenvalue weighted by molar-refractivity contribution is -0.274. The number of nitrogens with zero attached hydrogens (tertiary/aromatic N) is 1. The van der Waals surface area contributed by atoms with Gasteiger partial charge in [0.05, 0.1) is 12.7 Å². The van der Waals surface area contributed by atoms with E-state index in [0.717, 1.165) is 24.3 Å². The van der Waals surface area contributed by atoms with Gasteiger partial charge in [0, 0.05) is 35.1 Å². The first kappa shape index (κ1) is 27.2. The van der Waals surface area contributed by atoms with E-state index in [1.165, 1.54) is 31.5 Å². The number of ether oxygens (including phenoxy) is 3. The number of carbonyl (C=O) groups is 2. The third-order valence-electron chi connectivity index (χ3n) is 4.96. The highest BCUT2D eigenvalue weighted by atomic mass is 19.4. The molecule has 0 aliphatic carbocycles. The van der Waals surface area contributed by atoms with Crippen LogP contribution in [0.15, 0.2) is 48.7 Å². The summed E-state index contributed by atoms with van der Waals surface area (Å²) < 4.78 is 66.6. The van der Waals surface area contributed by atoms with Gasteiger partial charge in [-0.05, 0) is 30.3 Å². The van der Waals surface area contributed by atoms with E-state index in [1.807, 2.05) is 20.8 Å². The Morgan fingerprint density at radius 1 is 0.946 bits per heavy atom. The first-order chi connectivity index (χ1) is 17.2. The summed E-state index contributed by atoms with van der Waals surface area (Å²) in [5.41, 5.74) is 4.87. The zero-order chi connectivity index (χ0) is 27.5. The summed E-state index contributed by atoms with van der Waals surface area (Å²) in [5.74, 6) is -3.20. The van der Waals surface area contributed by atoms with Crippen molar-refractivity contribution in [1.29, 1.82) is 0 Å². The Balaban J connectivity index is 2.00. The van der Waals surface area contributed by atoms with E-state index in [4.69, 9.17) is 15.2 Å². The standard InChI is InChI=1S/C25H23F4N3O5/c1-24(2,3)21-11-19(36-18-8-6-14(10-20(18)35-4)37-25(27,28)29)16(12-31-21)23(34)32-13-5-7-17(26)15(9-13)22(30)33/h5-12H,1-4H3,(H2,30,33)(H,32,34). The number of nitrogens with one attached hydrogen (secondary N) is 1. The van der Waals surface area contributed by atoms with E-state index in [-0.39, 0.29) is 28.5 Å². The van der Waals surface area contributed by atoms with Crippen molar-refractivity contribution in [2.24, 2.45) is 5.73 Å². The number of pyridine rings is 1. The Bertz CT molecular complexity index is 1340. The van der Waals surface area contributed by atoms with Crippen molar-refractivity contribution in [3.8, 4) is 23.0 Å². The highest BCUT2D eigenvalue weighted by Gasteiger charge is 2.31. The highest BCUT2D eigenvalue weighted by Crippen LogP contribution is 2.38. The van der Waals surface area contributed by atoms with Crippen LogP contribution in [-0.2, 0) is 5.41 Å². The number of primary amides is 1. The molecule has 1 heterocycles. The van der Waals surface area contributed by atoms with Gasteiger partial charge in [-0.3, -0.25) is 14.6 Å². The first-order valence-electron chi connectivity index (χ1n) is 10.7. The molecule has 0 spiro atoms. The lowest BCUT2D eigenvalue weighted by Gasteiger charge is -2.21. The van der Waals surface area contributed by atoms with Crippen molar-refractivity contribution < 1.29 is 41.4 Å². The molecule has 8 nitrogen and oxygen atoms in total. The van der Waals surface area contributed by atoms with Crippen molar-refractivity contribution in [2.75, 3.05) is 12.4 Å². The Morgan fingerprint density at radius 2 is 1.65 bits per heavy atom. The topological polar surface area (TPSA) is 113 Å². The van der Waals surface area contributed by atoms with Crippen LogP contribution in [-0.4, -0.2) is 30.3 Å². The fourth-order valence-electron chi connectivity index (χ4n) is 3.14. The fraction of sp³-hybridized carbons (Fsp3) is 0.240. The SMILES string of the molecule is COc1cc(OC(F)(F)F)ccc1Oc1cc(C(C)(C)C)ncc1C(=O)Nc1ccc(F)c(C(N)=O)c1. The van der Waals surface area contributed by atoms with Crippen LogP contribution in [0.3, 0.4) is 0 Å². The average Bonchev–Trinajstić information content (AvgIpc) is 2.79. The van der Waals surface area contributed by atoms with Crippen molar-refractivity contribution in [1.82, 2.24) is 4.98 Å². The van der Waals surface area contributed by atoms with Gasteiger partial charge in [0.25, 0.3) is 11.8 Å². The number of methoxy groups -OCH3 is 1. The van der Waals surface area contributed by atoms with E-state index in [2.05, 4.69) is 15.0 Å². The lowest BCUT2D eigenvalue weighted by Crippen LogP contribution is -2.18. The monoisotopic (exact) mass is 521 g/mol. The molecular weight excluding hydrogens is 498 g/mol. The fourth-order valence-corrected chi connectivity index (χ4v) is 3.14. The molecule has 3 N–H and O–H groups in total. The van der Waals surface area contributed by atoms with Gasteiger partial charge >= 0.3 is 6.36 Å². The van der Waals surface area contributed by atoms with Crippen molar-refractivity contribution >= 4 is 17.5 Å². The summed E-state index contributed by atoms with van der Waals surface area (Å²) >= 11 is 0. The number of halogens is 4. The molecule has 37 heavy (non-hydrogen) atoms. The van der Waals surface area contributed by atoms with Gasteiger partial charge in [-0.2, -0.15) is 0 Å². The quantitative estimate of drug-likeness (QED) is 0.393. The van der Waals surface area contributed by atoms with Crippen molar-refractivity contribution in [3.05, 3.63) is 71.3 Å². The number of hydrogen-bond acceptors (Lipinski definition) is 6. The predicted octanol–water partition coefficient (Wildman–Crippen LogP) is 5.57. The number of anilines is 1. The van der Waals surface area contributed by atoms with Gasteiger partial charge in [-0.15, -0.1) is 13.2 Å². The number of aromatic nitrogens is 1. The van der Waals surface area contributed by atoms with E-state index < -0.39 is 40.7 Å². The number of rotatable bonds is 7. The smallest absolute Gasteiger partial charge is 0.493 e. The number of nitrogens with two attached hydrogens (primary N) is 1. The minimum atomic E-state index is -4.90. The van der Waals surface area contributed by atoms with Gasteiger partial charge < -0.3 is 25.3 Å². The zero-order valence-corrected chi connectivity index (χ0v) is 20.2. The van der Waals surface area contributed by atoms with Crippen LogP contribution in [0, 0.1) is 5.82 Å². The van der Waals surface area contributed by atoms with Crippen LogP contribution < -0.4 is 25.3 Å². The van der Waals surface area contributed by atoms with Gasteiger partial charge in [0.1, 0.15) is 22.9 Å². The number of benzene rings is 2. The Labute approximate surface area is 209 Å². The Kier molecular flexibility index (Phi) is 7.61. The first-order valence-corrected chi connectivity index (χ1v) is 10.7. The predicted molar refractivity (Wildman–Crippen MR) is 126 cm³/mol. The molecule has 0 aliphatic heterocycles.